The van der Waals surface area contributed by atoms with E-state index in [0.29, 0.717) is 13.2 Å². The van der Waals surface area contributed by atoms with Gasteiger partial charge in [0, 0.05) is 26.6 Å². The lowest BCUT2D eigenvalue weighted by Crippen LogP contribution is -2.39. The molecule has 1 aromatic carbocycles. The van der Waals surface area contributed by atoms with Gasteiger partial charge in [-0.05, 0) is 36.2 Å². The molecular formula is C20H30IN3O4. The fourth-order valence-electron chi connectivity index (χ4n) is 2.54. The van der Waals surface area contributed by atoms with Gasteiger partial charge in [0.1, 0.15) is 5.76 Å². The number of methoxy groups -OCH3 is 3. The molecule has 0 saturated carbocycles. The third-order valence-electron chi connectivity index (χ3n) is 3.96. The monoisotopic (exact) mass is 503 g/mol. The first-order valence-electron chi connectivity index (χ1n) is 9.01. The molecule has 0 aliphatic heterocycles. The Morgan fingerprint density at radius 3 is 2.39 bits per heavy atom. The molecule has 0 bridgehead atoms. The number of aliphatic imine (C=N–C) groups is 1. The standard InChI is InChI=1S/C20H29N3O4.HI/c1-24-14-12-23-20(22-11-9-17-5-4-13-27-17)21-10-8-16-6-7-18(25-2)19(15-16)26-3;/h4-7,13,15H,8-12,14H2,1-3H3,(H2,21,22,23);1H. The average Bonchev–Trinajstić information content (AvgIpc) is 3.21. The van der Waals surface area contributed by atoms with Gasteiger partial charge in [-0.15, -0.1) is 24.0 Å². The van der Waals surface area contributed by atoms with Crippen molar-refractivity contribution < 1.29 is 18.6 Å². The van der Waals surface area contributed by atoms with E-state index in [2.05, 4.69) is 15.6 Å². The van der Waals surface area contributed by atoms with Crippen LogP contribution in [0, 0.1) is 0 Å². The van der Waals surface area contributed by atoms with Crippen molar-refractivity contribution in [1.82, 2.24) is 10.6 Å². The first kappa shape index (κ1) is 24.1. The maximum Gasteiger partial charge on any atom is 0.191 e. The summed E-state index contributed by atoms with van der Waals surface area (Å²) in [4.78, 5) is 4.52. The predicted molar refractivity (Wildman–Crippen MR) is 121 cm³/mol. The van der Waals surface area contributed by atoms with Crippen LogP contribution in [0.5, 0.6) is 11.5 Å². The molecule has 0 aliphatic rings. The van der Waals surface area contributed by atoms with Crippen LogP contribution in [0.2, 0.25) is 0 Å². The number of furan rings is 1. The second-order valence-corrected chi connectivity index (χ2v) is 5.85. The summed E-state index contributed by atoms with van der Waals surface area (Å²) in [6.45, 7) is 2.67. The molecule has 0 saturated heterocycles. The van der Waals surface area contributed by atoms with Crippen LogP contribution in [0.1, 0.15) is 11.3 Å². The number of halogens is 1. The van der Waals surface area contributed by atoms with E-state index in [1.165, 1.54) is 0 Å². The summed E-state index contributed by atoms with van der Waals surface area (Å²) in [5.41, 5.74) is 1.16. The summed E-state index contributed by atoms with van der Waals surface area (Å²) >= 11 is 0. The van der Waals surface area contributed by atoms with Gasteiger partial charge in [-0.2, -0.15) is 0 Å². The molecule has 8 heteroatoms. The van der Waals surface area contributed by atoms with E-state index in [9.17, 15) is 0 Å². The molecule has 0 radical (unpaired) electrons. The van der Waals surface area contributed by atoms with Gasteiger partial charge >= 0.3 is 0 Å². The molecule has 7 nitrogen and oxygen atoms in total. The fraction of sp³-hybridized carbons (Fsp3) is 0.450. The second kappa shape index (κ2) is 14.1. The Morgan fingerprint density at radius 2 is 1.75 bits per heavy atom. The molecule has 1 aromatic heterocycles. The highest BCUT2D eigenvalue weighted by atomic mass is 127. The number of nitrogens with one attached hydrogen (secondary N) is 2. The highest BCUT2D eigenvalue weighted by Gasteiger charge is 2.05. The van der Waals surface area contributed by atoms with Crippen LogP contribution in [-0.2, 0) is 17.6 Å². The lowest BCUT2D eigenvalue weighted by Gasteiger charge is -2.13. The fourth-order valence-corrected chi connectivity index (χ4v) is 2.54. The van der Waals surface area contributed by atoms with Gasteiger partial charge in [0.2, 0.25) is 0 Å². The lowest BCUT2D eigenvalue weighted by atomic mass is 10.1. The minimum Gasteiger partial charge on any atom is -0.493 e. The van der Waals surface area contributed by atoms with Crippen LogP contribution in [-0.4, -0.2) is 53.5 Å². The molecule has 0 atom stereocenters. The molecule has 2 N–H and O–H groups in total. The van der Waals surface area contributed by atoms with E-state index < -0.39 is 0 Å². The number of ether oxygens (including phenoxy) is 3. The van der Waals surface area contributed by atoms with E-state index in [-0.39, 0.29) is 24.0 Å². The molecule has 1 heterocycles. The zero-order valence-corrected chi connectivity index (χ0v) is 19.0. The zero-order chi connectivity index (χ0) is 19.3. The number of hydrogen-bond donors (Lipinski definition) is 2. The first-order valence-corrected chi connectivity index (χ1v) is 9.01. The first-order chi connectivity index (χ1) is 13.3. The Kier molecular flexibility index (Phi) is 12.1. The summed E-state index contributed by atoms with van der Waals surface area (Å²) < 4.78 is 21.1. The summed E-state index contributed by atoms with van der Waals surface area (Å²) in [5, 5.41) is 6.68. The molecular weight excluding hydrogens is 473 g/mol. The molecule has 0 aliphatic carbocycles. The highest BCUT2D eigenvalue weighted by Crippen LogP contribution is 2.27. The normalized spacial score (nSPS) is 10.9. The topological polar surface area (TPSA) is 77.2 Å². The number of nitrogens with zero attached hydrogens (tertiary/aromatic N) is 1. The van der Waals surface area contributed by atoms with Gasteiger partial charge in [0.25, 0.3) is 0 Å². The number of benzene rings is 1. The molecule has 0 amide bonds. The summed E-state index contributed by atoms with van der Waals surface area (Å²) in [6, 6.07) is 9.81. The van der Waals surface area contributed by atoms with E-state index in [1.807, 2.05) is 30.3 Å². The molecule has 0 spiro atoms. The van der Waals surface area contributed by atoms with E-state index >= 15 is 0 Å². The van der Waals surface area contributed by atoms with Crippen molar-refractivity contribution in [3.8, 4) is 11.5 Å². The van der Waals surface area contributed by atoms with Crippen molar-refractivity contribution >= 4 is 29.9 Å². The Hall–Kier alpha value is -1.94. The maximum atomic E-state index is 5.35. The predicted octanol–water partition coefficient (Wildman–Crippen LogP) is 2.88. The van der Waals surface area contributed by atoms with Gasteiger partial charge in [0.05, 0.1) is 33.6 Å². The summed E-state index contributed by atoms with van der Waals surface area (Å²) in [5.74, 6) is 3.18. The van der Waals surface area contributed by atoms with Crippen molar-refractivity contribution in [2.75, 3.05) is 47.6 Å². The number of hydrogen-bond acceptors (Lipinski definition) is 5. The SMILES string of the molecule is COCCN=C(NCCc1ccc(OC)c(OC)c1)NCCc1ccco1.I. The van der Waals surface area contributed by atoms with Gasteiger partial charge < -0.3 is 29.3 Å². The average molecular weight is 503 g/mol. The molecule has 28 heavy (non-hydrogen) atoms. The van der Waals surface area contributed by atoms with Gasteiger partial charge in [-0.25, -0.2) is 0 Å². The van der Waals surface area contributed by atoms with Crippen molar-refractivity contribution in [3.05, 3.63) is 47.9 Å². The van der Waals surface area contributed by atoms with Crippen LogP contribution >= 0.6 is 24.0 Å². The Labute approximate surface area is 183 Å². The zero-order valence-electron chi connectivity index (χ0n) is 16.7. The van der Waals surface area contributed by atoms with Gasteiger partial charge in [0.15, 0.2) is 17.5 Å². The van der Waals surface area contributed by atoms with Crippen LogP contribution in [0.15, 0.2) is 46.0 Å². The van der Waals surface area contributed by atoms with Crippen LogP contribution < -0.4 is 20.1 Å². The Morgan fingerprint density at radius 1 is 1.00 bits per heavy atom. The van der Waals surface area contributed by atoms with Gasteiger partial charge in [-0.3, -0.25) is 4.99 Å². The third kappa shape index (κ3) is 8.39. The van der Waals surface area contributed by atoms with Crippen molar-refractivity contribution in [2.45, 2.75) is 12.8 Å². The second-order valence-electron chi connectivity index (χ2n) is 5.85. The van der Waals surface area contributed by atoms with E-state index in [4.69, 9.17) is 18.6 Å². The van der Waals surface area contributed by atoms with Crippen molar-refractivity contribution in [2.24, 2.45) is 4.99 Å². The smallest absolute Gasteiger partial charge is 0.191 e. The van der Waals surface area contributed by atoms with Gasteiger partial charge in [-0.1, -0.05) is 6.07 Å². The van der Waals surface area contributed by atoms with Crippen LogP contribution in [0.25, 0.3) is 0 Å². The molecule has 2 rings (SSSR count). The number of guanidine groups is 1. The Balaban J connectivity index is 0.00000392. The van der Waals surface area contributed by atoms with Crippen molar-refractivity contribution in [1.29, 1.82) is 0 Å². The van der Waals surface area contributed by atoms with Crippen molar-refractivity contribution in [3.63, 3.8) is 0 Å². The van der Waals surface area contributed by atoms with E-state index in [0.717, 1.165) is 54.7 Å². The van der Waals surface area contributed by atoms with Crippen LogP contribution in [0.3, 0.4) is 0 Å². The minimum absolute atomic E-state index is 0. The minimum atomic E-state index is 0. The quantitative estimate of drug-likeness (QED) is 0.213. The molecule has 0 fully saturated rings. The maximum absolute atomic E-state index is 5.35. The largest absolute Gasteiger partial charge is 0.493 e. The van der Waals surface area contributed by atoms with E-state index in [1.54, 1.807) is 27.6 Å². The highest BCUT2D eigenvalue weighted by molar-refractivity contribution is 14.0. The van der Waals surface area contributed by atoms with Crippen LogP contribution in [0.4, 0.5) is 0 Å². The third-order valence-corrected chi connectivity index (χ3v) is 3.96. The number of rotatable bonds is 11. The summed E-state index contributed by atoms with van der Waals surface area (Å²) in [6.07, 6.45) is 3.32. The molecule has 0 unspecified atom stereocenters. The lowest BCUT2D eigenvalue weighted by molar-refractivity contribution is 0.208. The molecule has 156 valence electrons. The Bertz CT molecular complexity index is 693. The summed E-state index contributed by atoms with van der Waals surface area (Å²) in [7, 11) is 4.95. The molecule has 2 aromatic rings.